The quantitative estimate of drug-likeness (QED) is 0.305. The Morgan fingerprint density at radius 3 is 2.43 bits per heavy atom. The van der Waals surface area contributed by atoms with Gasteiger partial charge in [-0.15, -0.1) is 0 Å². The predicted octanol–water partition coefficient (Wildman–Crippen LogP) is 5.87. The molecule has 7 nitrogen and oxygen atoms in total. The summed E-state index contributed by atoms with van der Waals surface area (Å²) in [4.78, 5) is 26.9. The number of piperazine rings is 1. The van der Waals surface area contributed by atoms with Crippen molar-refractivity contribution in [3.8, 4) is 5.69 Å². The third kappa shape index (κ3) is 5.13. The molecule has 1 fully saturated rings. The minimum atomic E-state index is -0.303. The van der Waals surface area contributed by atoms with Crippen LogP contribution in [0.25, 0.3) is 16.7 Å². The first kappa shape index (κ1) is 25.4. The Hall–Kier alpha value is -3.23. The van der Waals surface area contributed by atoms with Crippen LogP contribution in [0.1, 0.15) is 41.6 Å². The number of fused-ring (bicyclic) bond motifs is 1. The Balaban J connectivity index is 1.47. The second-order valence-corrected chi connectivity index (χ2v) is 9.99. The summed E-state index contributed by atoms with van der Waals surface area (Å²) < 4.78 is 15.3. The molecule has 0 aliphatic carbocycles. The average molecular weight is 541 g/mol. The minimum Gasteiger partial charge on any atom is -0.352 e. The van der Waals surface area contributed by atoms with Crippen LogP contribution in [-0.4, -0.2) is 56.7 Å². The number of hydrogen-bond donors (Lipinski definition) is 0. The van der Waals surface area contributed by atoms with E-state index < -0.39 is 0 Å². The highest BCUT2D eigenvalue weighted by atomic mass is 35.5. The average Bonchev–Trinajstić information content (AvgIpc) is 3.23. The number of hydrogen-bond acceptors (Lipinski definition) is 5. The molecule has 1 amide bonds. The Morgan fingerprint density at radius 2 is 1.76 bits per heavy atom. The second-order valence-electron chi connectivity index (χ2n) is 9.14. The lowest BCUT2D eigenvalue weighted by molar-refractivity contribution is 0.0747. The van der Waals surface area contributed by atoms with E-state index in [4.69, 9.17) is 38.3 Å². The summed E-state index contributed by atoms with van der Waals surface area (Å²) in [7, 11) is 0. The molecule has 2 aromatic carbocycles. The highest BCUT2D eigenvalue weighted by molar-refractivity contribution is 6.36. The van der Waals surface area contributed by atoms with E-state index >= 15 is 0 Å². The maximum Gasteiger partial charge on any atom is 0.255 e. The third-order valence-corrected chi connectivity index (χ3v) is 7.13. The summed E-state index contributed by atoms with van der Waals surface area (Å²) in [5.74, 6) is 1.15. The smallest absolute Gasteiger partial charge is 0.255 e. The lowest BCUT2D eigenvalue weighted by Gasteiger charge is -2.36. The fourth-order valence-corrected chi connectivity index (χ4v) is 5.09. The van der Waals surface area contributed by atoms with Crippen molar-refractivity contribution in [2.45, 2.75) is 33.1 Å². The number of carbonyl (C=O) groups is 1. The zero-order chi connectivity index (χ0) is 26.1. The molecule has 1 aliphatic rings. The molecule has 0 saturated carbocycles. The van der Waals surface area contributed by atoms with Gasteiger partial charge in [0.05, 0.1) is 27.4 Å². The number of aromatic nitrogens is 4. The van der Waals surface area contributed by atoms with Crippen LogP contribution in [0.15, 0.2) is 42.5 Å². The molecule has 192 valence electrons. The van der Waals surface area contributed by atoms with E-state index in [1.54, 1.807) is 39.9 Å². The molecule has 4 aromatic rings. The van der Waals surface area contributed by atoms with Crippen molar-refractivity contribution in [1.82, 2.24) is 24.6 Å². The topological polar surface area (TPSA) is 67.2 Å². The number of carbonyl (C=O) groups excluding carboxylic acids is 1. The number of unbranched alkanes of at least 4 members (excludes halogenated alkanes) is 1. The van der Waals surface area contributed by atoms with Crippen LogP contribution >= 0.6 is 23.2 Å². The molecule has 5 rings (SSSR count). The number of anilines is 1. The Labute approximate surface area is 224 Å². The molecule has 2 aromatic heterocycles. The minimum absolute atomic E-state index is 0.113. The first-order valence-electron chi connectivity index (χ1n) is 12.4. The van der Waals surface area contributed by atoms with E-state index in [0.717, 1.165) is 47.7 Å². The molecule has 37 heavy (non-hydrogen) atoms. The van der Waals surface area contributed by atoms with E-state index in [1.165, 1.54) is 12.1 Å². The van der Waals surface area contributed by atoms with Gasteiger partial charge in [0.25, 0.3) is 5.91 Å². The highest BCUT2D eigenvalue weighted by Gasteiger charge is 2.27. The number of benzene rings is 2. The Morgan fingerprint density at radius 1 is 1.03 bits per heavy atom. The standard InChI is InChI=1S/C27H27Cl2FN6O/c1-3-4-5-23-31-25(24-17(2)33-36(26(24)32-23)20-9-7-19(30)8-10-20)34-12-14-35(15-13-34)27(37)21-11-6-18(28)16-22(21)29/h6-11,16H,3-5,12-15H2,1-2H3. The molecule has 0 bridgehead atoms. The van der Waals surface area contributed by atoms with E-state index in [2.05, 4.69) is 11.8 Å². The molecule has 0 spiro atoms. The normalized spacial score (nSPS) is 14.0. The molecule has 3 heterocycles. The fourth-order valence-electron chi connectivity index (χ4n) is 4.60. The van der Waals surface area contributed by atoms with Gasteiger partial charge in [0.15, 0.2) is 5.65 Å². The van der Waals surface area contributed by atoms with Crippen molar-refractivity contribution < 1.29 is 9.18 Å². The van der Waals surface area contributed by atoms with Gasteiger partial charge in [0.2, 0.25) is 0 Å². The van der Waals surface area contributed by atoms with Crippen LogP contribution in [0.2, 0.25) is 10.0 Å². The van der Waals surface area contributed by atoms with Gasteiger partial charge in [0, 0.05) is 37.6 Å². The van der Waals surface area contributed by atoms with Crippen LogP contribution < -0.4 is 4.90 Å². The van der Waals surface area contributed by atoms with Crippen LogP contribution in [0.3, 0.4) is 0 Å². The van der Waals surface area contributed by atoms with Gasteiger partial charge >= 0.3 is 0 Å². The van der Waals surface area contributed by atoms with Crippen molar-refractivity contribution >= 4 is 46.0 Å². The lowest BCUT2D eigenvalue weighted by Crippen LogP contribution is -2.49. The Kier molecular flexibility index (Phi) is 7.31. The maximum atomic E-state index is 13.6. The molecule has 1 aliphatic heterocycles. The van der Waals surface area contributed by atoms with Gasteiger partial charge in [-0.2, -0.15) is 5.10 Å². The summed E-state index contributed by atoms with van der Waals surface area (Å²) in [6.45, 7) is 6.34. The summed E-state index contributed by atoms with van der Waals surface area (Å²) in [6, 6.07) is 11.2. The number of rotatable bonds is 6. The molecular formula is C27H27Cl2FN6O. The van der Waals surface area contributed by atoms with Gasteiger partial charge in [-0.05, 0) is 55.8 Å². The molecular weight excluding hydrogens is 514 g/mol. The zero-order valence-corrected chi connectivity index (χ0v) is 22.2. The van der Waals surface area contributed by atoms with Crippen molar-refractivity contribution in [3.63, 3.8) is 0 Å². The van der Waals surface area contributed by atoms with Crippen molar-refractivity contribution in [2.75, 3.05) is 31.1 Å². The Bertz CT molecular complexity index is 1450. The van der Waals surface area contributed by atoms with E-state index in [9.17, 15) is 9.18 Å². The summed E-state index contributed by atoms with van der Waals surface area (Å²) in [5, 5.41) is 6.45. The summed E-state index contributed by atoms with van der Waals surface area (Å²) >= 11 is 12.3. The van der Waals surface area contributed by atoms with E-state index in [1.807, 2.05) is 6.92 Å². The van der Waals surface area contributed by atoms with Crippen LogP contribution in [0.4, 0.5) is 10.2 Å². The summed E-state index contributed by atoms with van der Waals surface area (Å²) in [5.41, 5.74) is 2.68. The fraction of sp³-hybridized carbons (Fsp3) is 0.333. The van der Waals surface area contributed by atoms with Crippen LogP contribution in [0.5, 0.6) is 0 Å². The maximum absolute atomic E-state index is 13.6. The van der Waals surface area contributed by atoms with Gasteiger partial charge in [-0.1, -0.05) is 36.5 Å². The molecule has 0 radical (unpaired) electrons. The van der Waals surface area contributed by atoms with E-state index in [-0.39, 0.29) is 11.7 Å². The molecule has 1 saturated heterocycles. The number of halogens is 3. The molecule has 0 unspecified atom stereocenters. The number of nitrogens with zero attached hydrogens (tertiary/aromatic N) is 6. The van der Waals surface area contributed by atoms with Gasteiger partial charge in [-0.25, -0.2) is 19.0 Å². The largest absolute Gasteiger partial charge is 0.352 e. The monoisotopic (exact) mass is 540 g/mol. The summed E-state index contributed by atoms with van der Waals surface area (Å²) in [6.07, 6.45) is 2.75. The molecule has 0 N–H and O–H groups in total. The molecule has 10 heteroatoms. The van der Waals surface area contributed by atoms with Gasteiger partial charge < -0.3 is 9.80 Å². The van der Waals surface area contributed by atoms with Crippen LogP contribution in [-0.2, 0) is 6.42 Å². The van der Waals surface area contributed by atoms with Crippen LogP contribution in [0, 0.1) is 12.7 Å². The third-order valence-electron chi connectivity index (χ3n) is 6.58. The predicted molar refractivity (Wildman–Crippen MR) is 145 cm³/mol. The van der Waals surface area contributed by atoms with Gasteiger partial charge in [-0.3, -0.25) is 4.79 Å². The van der Waals surface area contributed by atoms with Crippen molar-refractivity contribution in [3.05, 3.63) is 75.4 Å². The van der Waals surface area contributed by atoms with Gasteiger partial charge in [0.1, 0.15) is 17.5 Å². The first-order chi connectivity index (χ1) is 17.9. The number of aryl methyl sites for hydroxylation is 2. The first-order valence-corrected chi connectivity index (χ1v) is 13.1. The zero-order valence-electron chi connectivity index (χ0n) is 20.7. The lowest BCUT2D eigenvalue weighted by atomic mass is 10.1. The van der Waals surface area contributed by atoms with Crippen molar-refractivity contribution in [2.24, 2.45) is 0 Å². The number of amides is 1. The second kappa shape index (κ2) is 10.6. The SMILES string of the molecule is CCCCc1nc(N2CCN(C(=O)c3ccc(Cl)cc3Cl)CC2)c2c(C)nn(-c3ccc(F)cc3)c2n1. The van der Waals surface area contributed by atoms with E-state index in [0.29, 0.717) is 47.4 Å². The highest BCUT2D eigenvalue weighted by Crippen LogP contribution is 2.31. The van der Waals surface area contributed by atoms with Crippen molar-refractivity contribution in [1.29, 1.82) is 0 Å². The molecule has 0 atom stereocenters.